The van der Waals surface area contributed by atoms with Crippen molar-refractivity contribution in [3.63, 3.8) is 0 Å². The van der Waals surface area contributed by atoms with E-state index in [1.54, 1.807) is 0 Å². The number of para-hydroxylation sites is 1. The Kier molecular flexibility index (Phi) is 6.67. The summed E-state index contributed by atoms with van der Waals surface area (Å²) in [6.45, 7) is 3.40. The maximum Gasteiger partial charge on any atom is 0.221 e. The minimum absolute atomic E-state index is 0.0228. The van der Waals surface area contributed by atoms with Crippen molar-refractivity contribution in [1.29, 1.82) is 0 Å². The fraction of sp³-hybridized carbons (Fsp3) is 0.409. The molecular formula is C22H28N2O2. The van der Waals surface area contributed by atoms with Crippen LogP contribution in [0.1, 0.15) is 24.0 Å². The maximum atomic E-state index is 11.2. The lowest BCUT2D eigenvalue weighted by Crippen LogP contribution is -2.28. The number of rotatable bonds is 9. The molecule has 2 aromatic rings. The highest BCUT2D eigenvalue weighted by molar-refractivity contribution is 5.77. The molecule has 2 N–H and O–H groups in total. The smallest absolute Gasteiger partial charge is 0.221 e. The molecule has 0 bridgehead atoms. The Morgan fingerprint density at radius 3 is 2.62 bits per heavy atom. The van der Waals surface area contributed by atoms with E-state index in [4.69, 9.17) is 10.5 Å². The summed E-state index contributed by atoms with van der Waals surface area (Å²) in [5, 5.41) is 0. The zero-order valence-corrected chi connectivity index (χ0v) is 15.3. The van der Waals surface area contributed by atoms with Crippen LogP contribution < -0.4 is 10.5 Å². The van der Waals surface area contributed by atoms with Gasteiger partial charge < -0.3 is 15.4 Å². The number of ether oxygens (including phenoxy) is 1. The van der Waals surface area contributed by atoms with Crippen LogP contribution in [0, 0.1) is 5.92 Å². The van der Waals surface area contributed by atoms with Crippen LogP contribution in [0.2, 0.25) is 0 Å². The molecule has 1 aliphatic heterocycles. The lowest BCUT2D eigenvalue weighted by molar-refractivity contribution is -0.121. The molecule has 1 heterocycles. The first-order valence-corrected chi connectivity index (χ1v) is 9.48. The first-order chi connectivity index (χ1) is 12.7. The lowest BCUT2D eigenvalue weighted by Gasteiger charge is -2.16. The van der Waals surface area contributed by atoms with E-state index in [9.17, 15) is 4.79 Å². The van der Waals surface area contributed by atoms with Crippen molar-refractivity contribution in [3.8, 4) is 5.75 Å². The fourth-order valence-electron chi connectivity index (χ4n) is 3.51. The van der Waals surface area contributed by atoms with Gasteiger partial charge in [0, 0.05) is 13.1 Å². The molecule has 3 rings (SSSR count). The van der Waals surface area contributed by atoms with Gasteiger partial charge in [-0.3, -0.25) is 4.79 Å². The van der Waals surface area contributed by atoms with Crippen LogP contribution in [0.25, 0.3) is 0 Å². The van der Waals surface area contributed by atoms with E-state index in [1.165, 1.54) is 11.1 Å². The van der Waals surface area contributed by atoms with E-state index in [0.717, 1.165) is 51.1 Å². The summed E-state index contributed by atoms with van der Waals surface area (Å²) in [4.78, 5) is 13.5. The summed E-state index contributed by atoms with van der Waals surface area (Å²) in [6, 6.07) is 18.8. The van der Waals surface area contributed by atoms with Gasteiger partial charge in [0.15, 0.2) is 0 Å². The van der Waals surface area contributed by atoms with Gasteiger partial charge in [0.25, 0.3) is 0 Å². The van der Waals surface area contributed by atoms with Crippen molar-refractivity contribution in [2.75, 3.05) is 26.2 Å². The van der Waals surface area contributed by atoms with Crippen molar-refractivity contribution in [1.82, 2.24) is 4.90 Å². The largest absolute Gasteiger partial charge is 0.493 e. The zero-order chi connectivity index (χ0) is 18.2. The second-order valence-electron chi connectivity index (χ2n) is 6.98. The Hall–Kier alpha value is -2.33. The average Bonchev–Trinajstić information content (AvgIpc) is 3.14. The minimum Gasteiger partial charge on any atom is -0.493 e. The number of benzene rings is 2. The number of aryl methyl sites for hydroxylation is 2. The average molecular weight is 352 g/mol. The van der Waals surface area contributed by atoms with E-state index >= 15 is 0 Å². The van der Waals surface area contributed by atoms with Crippen molar-refractivity contribution in [3.05, 3.63) is 65.7 Å². The van der Waals surface area contributed by atoms with Gasteiger partial charge >= 0.3 is 0 Å². The van der Waals surface area contributed by atoms with Gasteiger partial charge in [-0.2, -0.15) is 0 Å². The van der Waals surface area contributed by atoms with Gasteiger partial charge in [0.2, 0.25) is 5.91 Å². The SMILES string of the molecule is NC(=O)C1CCN(CCCOc2ccccc2CCc2ccccc2)C1. The predicted molar refractivity (Wildman–Crippen MR) is 104 cm³/mol. The van der Waals surface area contributed by atoms with Crippen LogP contribution in [-0.4, -0.2) is 37.0 Å². The molecule has 1 amide bonds. The van der Waals surface area contributed by atoms with E-state index in [2.05, 4.69) is 47.4 Å². The summed E-state index contributed by atoms with van der Waals surface area (Å²) in [6.07, 6.45) is 3.84. The summed E-state index contributed by atoms with van der Waals surface area (Å²) >= 11 is 0. The Balaban J connectivity index is 1.43. The minimum atomic E-state index is -0.170. The van der Waals surface area contributed by atoms with Crippen molar-refractivity contribution in [2.24, 2.45) is 11.7 Å². The topological polar surface area (TPSA) is 55.6 Å². The van der Waals surface area contributed by atoms with Crippen LogP contribution in [-0.2, 0) is 17.6 Å². The summed E-state index contributed by atoms with van der Waals surface area (Å²) < 4.78 is 6.04. The zero-order valence-electron chi connectivity index (χ0n) is 15.3. The van der Waals surface area contributed by atoms with Gasteiger partial charge in [-0.15, -0.1) is 0 Å². The lowest BCUT2D eigenvalue weighted by atomic mass is 10.0. The van der Waals surface area contributed by atoms with Crippen molar-refractivity contribution < 1.29 is 9.53 Å². The highest BCUT2D eigenvalue weighted by Crippen LogP contribution is 2.21. The molecule has 0 radical (unpaired) electrons. The van der Waals surface area contributed by atoms with E-state index in [-0.39, 0.29) is 11.8 Å². The van der Waals surface area contributed by atoms with Crippen molar-refractivity contribution in [2.45, 2.75) is 25.7 Å². The molecular weight excluding hydrogens is 324 g/mol. The number of hydrogen-bond acceptors (Lipinski definition) is 3. The van der Waals surface area contributed by atoms with E-state index in [0.29, 0.717) is 6.61 Å². The molecule has 1 aliphatic rings. The molecule has 0 saturated carbocycles. The number of primary amides is 1. The molecule has 138 valence electrons. The number of carbonyl (C=O) groups excluding carboxylic acids is 1. The number of likely N-dealkylation sites (tertiary alicyclic amines) is 1. The standard InChI is InChI=1S/C22H28N2O2/c23-22(25)20-13-15-24(17-20)14-6-16-26-21-10-5-4-9-19(21)12-11-18-7-2-1-3-8-18/h1-5,7-10,20H,6,11-17H2,(H2,23,25). The second kappa shape index (κ2) is 9.39. The number of nitrogens with two attached hydrogens (primary N) is 1. The van der Waals surface area contributed by atoms with Crippen LogP contribution in [0.3, 0.4) is 0 Å². The van der Waals surface area contributed by atoms with Gasteiger partial charge in [-0.05, 0) is 49.4 Å². The summed E-state index contributed by atoms with van der Waals surface area (Å²) in [7, 11) is 0. The van der Waals surface area contributed by atoms with Crippen LogP contribution in [0.5, 0.6) is 5.75 Å². The first kappa shape index (κ1) is 18.5. The highest BCUT2D eigenvalue weighted by atomic mass is 16.5. The van der Waals surface area contributed by atoms with Crippen molar-refractivity contribution >= 4 is 5.91 Å². The molecule has 0 aromatic heterocycles. The number of nitrogens with zero attached hydrogens (tertiary/aromatic N) is 1. The van der Waals surface area contributed by atoms with Gasteiger partial charge in [0.1, 0.15) is 5.75 Å². The quantitative estimate of drug-likeness (QED) is 0.706. The molecule has 26 heavy (non-hydrogen) atoms. The van der Waals surface area contributed by atoms with E-state index < -0.39 is 0 Å². The molecule has 4 nitrogen and oxygen atoms in total. The summed E-state index contributed by atoms with van der Waals surface area (Å²) in [5.41, 5.74) is 7.99. The Morgan fingerprint density at radius 2 is 1.85 bits per heavy atom. The Morgan fingerprint density at radius 1 is 1.08 bits per heavy atom. The maximum absolute atomic E-state index is 11.2. The van der Waals surface area contributed by atoms with Gasteiger partial charge in [0.05, 0.1) is 12.5 Å². The molecule has 4 heteroatoms. The number of amides is 1. The van der Waals surface area contributed by atoms with Crippen LogP contribution in [0.15, 0.2) is 54.6 Å². The predicted octanol–water partition coefficient (Wildman–Crippen LogP) is 3.05. The number of carbonyl (C=O) groups is 1. The third kappa shape index (κ3) is 5.33. The highest BCUT2D eigenvalue weighted by Gasteiger charge is 2.25. The van der Waals surface area contributed by atoms with Gasteiger partial charge in [-0.25, -0.2) is 0 Å². The van der Waals surface area contributed by atoms with Crippen LogP contribution >= 0.6 is 0 Å². The van der Waals surface area contributed by atoms with Crippen LogP contribution in [0.4, 0.5) is 0 Å². The molecule has 2 aromatic carbocycles. The molecule has 1 unspecified atom stereocenters. The Bertz CT molecular complexity index is 702. The van der Waals surface area contributed by atoms with Gasteiger partial charge in [-0.1, -0.05) is 48.5 Å². The molecule has 1 fully saturated rings. The van der Waals surface area contributed by atoms with E-state index in [1.807, 2.05) is 12.1 Å². The molecule has 0 aliphatic carbocycles. The second-order valence-corrected chi connectivity index (χ2v) is 6.98. The Labute approximate surface area is 156 Å². The first-order valence-electron chi connectivity index (χ1n) is 9.48. The molecule has 1 atom stereocenters. The normalized spacial score (nSPS) is 17.3. The third-order valence-electron chi connectivity index (χ3n) is 5.05. The monoisotopic (exact) mass is 352 g/mol. The molecule has 0 spiro atoms. The molecule has 1 saturated heterocycles. The fourth-order valence-corrected chi connectivity index (χ4v) is 3.51. The number of hydrogen-bond donors (Lipinski definition) is 1. The summed E-state index contributed by atoms with van der Waals surface area (Å²) in [5.74, 6) is 0.839. The third-order valence-corrected chi connectivity index (χ3v) is 5.05.